The first kappa shape index (κ1) is 12.9. The van der Waals surface area contributed by atoms with Crippen LogP contribution in [0.2, 0.25) is 0 Å². The maximum atomic E-state index is 11.3. The van der Waals surface area contributed by atoms with E-state index in [1.807, 2.05) is 18.7 Å². The van der Waals surface area contributed by atoms with Gasteiger partial charge in [-0.2, -0.15) is 5.10 Å². The summed E-state index contributed by atoms with van der Waals surface area (Å²) in [7, 11) is 1.96. The number of fused-ring (bicyclic) bond motifs is 1. The fourth-order valence-corrected chi connectivity index (χ4v) is 2.20. The van der Waals surface area contributed by atoms with Crippen LogP contribution in [-0.4, -0.2) is 35.5 Å². The summed E-state index contributed by atoms with van der Waals surface area (Å²) in [6, 6.07) is -0.126. The van der Waals surface area contributed by atoms with Crippen LogP contribution in [0.1, 0.15) is 23.9 Å². The molecule has 0 saturated carbocycles. The van der Waals surface area contributed by atoms with Crippen LogP contribution in [0.25, 0.3) is 0 Å². The molecule has 1 aliphatic rings. The molecule has 0 fully saturated rings. The number of ether oxygens (including phenoxy) is 1. The SMILES string of the molecule is CCNC(=O)NCCc1nn(C)c2c1COCC2. The molecule has 1 aromatic rings. The number of rotatable bonds is 4. The predicted molar refractivity (Wildman–Crippen MR) is 67.3 cm³/mol. The molecule has 6 heteroatoms. The van der Waals surface area contributed by atoms with E-state index in [1.165, 1.54) is 11.3 Å². The summed E-state index contributed by atoms with van der Waals surface area (Å²) in [6.07, 6.45) is 1.66. The molecule has 0 unspecified atom stereocenters. The van der Waals surface area contributed by atoms with Gasteiger partial charge in [-0.3, -0.25) is 4.68 Å². The van der Waals surface area contributed by atoms with Crippen LogP contribution >= 0.6 is 0 Å². The molecule has 1 aliphatic heterocycles. The van der Waals surface area contributed by atoms with Crippen molar-refractivity contribution in [3.63, 3.8) is 0 Å². The Hall–Kier alpha value is -1.56. The van der Waals surface area contributed by atoms with Gasteiger partial charge in [0.25, 0.3) is 0 Å². The Kier molecular flexibility index (Phi) is 4.19. The van der Waals surface area contributed by atoms with E-state index in [2.05, 4.69) is 15.7 Å². The van der Waals surface area contributed by atoms with Crippen molar-refractivity contribution >= 4 is 6.03 Å². The number of urea groups is 1. The second kappa shape index (κ2) is 5.86. The number of carbonyl (C=O) groups is 1. The lowest BCUT2D eigenvalue weighted by Crippen LogP contribution is -2.36. The van der Waals surface area contributed by atoms with E-state index >= 15 is 0 Å². The number of amides is 2. The highest BCUT2D eigenvalue weighted by Crippen LogP contribution is 2.20. The number of nitrogens with zero attached hydrogens (tertiary/aromatic N) is 2. The summed E-state index contributed by atoms with van der Waals surface area (Å²) < 4.78 is 7.39. The summed E-state index contributed by atoms with van der Waals surface area (Å²) in [4.78, 5) is 11.3. The van der Waals surface area contributed by atoms with E-state index in [-0.39, 0.29) is 6.03 Å². The standard InChI is InChI=1S/C12H20N4O2/c1-3-13-12(17)14-6-4-10-9-8-18-7-5-11(9)16(2)15-10/h3-8H2,1-2H3,(H2,13,14,17). The van der Waals surface area contributed by atoms with Crippen molar-refractivity contribution < 1.29 is 9.53 Å². The first-order valence-electron chi connectivity index (χ1n) is 6.35. The summed E-state index contributed by atoms with van der Waals surface area (Å²) in [6.45, 7) is 4.53. The number of aromatic nitrogens is 2. The largest absolute Gasteiger partial charge is 0.376 e. The van der Waals surface area contributed by atoms with Gasteiger partial charge in [0, 0.05) is 44.2 Å². The van der Waals surface area contributed by atoms with Crippen molar-refractivity contribution in [2.45, 2.75) is 26.4 Å². The molecule has 6 nitrogen and oxygen atoms in total. The molecule has 0 aromatic carbocycles. The smallest absolute Gasteiger partial charge is 0.314 e. The third kappa shape index (κ3) is 2.81. The molecular weight excluding hydrogens is 232 g/mol. The molecule has 2 amide bonds. The van der Waals surface area contributed by atoms with Crippen molar-refractivity contribution in [2.75, 3.05) is 19.7 Å². The molecule has 18 heavy (non-hydrogen) atoms. The van der Waals surface area contributed by atoms with Gasteiger partial charge in [-0.15, -0.1) is 0 Å². The summed E-state index contributed by atoms with van der Waals surface area (Å²) in [5.41, 5.74) is 3.49. The minimum atomic E-state index is -0.126. The lowest BCUT2D eigenvalue weighted by molar-refractivity contribution is 0.108. The molecule has 2 rings (SSSR count). The van der Waals surface area contributed by atoms with Crippen molar-refractivity contribution in [3.8, 4) is 0 Å². The molecule has 100 valence electrons. The van der Waals surface area contributed by atoms with Crippen molar-refractivity contribution in [3.05, 3.63) is 17.0 Å². The molecule has 0 atom stereocenters. The Balaban J connectivity index is 1.92. The van der Waals surface area contributed by atoms with Crippen LogP contribution in [0.4, 0.5) is 4.79 Å². The number of hydrogen-bond acceptors (Lipinski definition) is 3. The van der Waals surface area contributed by atoms with Crippen LogP contribution in [0.5, 0.6) is 0 Å². The monoisotopic (exact) mass is 252 g/mol. The summed E-state index contributed by atoms with van der Waals surface area (Å²) >= 11 is 0. The normalized spacial score (nSPS) is 14.1. The van der Waals surface area contributed by atoms with E-state index in [1.54, 1.807) is 0 Å². The van der Waals surface area contributed by atoms with Gasteiger partial charge in [0.2, 0.25) is 0 Å². The number of nitrogens with one attached hydrogen (secondary N) is 2. The Morgan fingerprint density at radius 2 is 2.33 bits per heavy atom. The molecule has 0 radical (unpaired) electrons. The van der Waals surface area contributed by atoms with E-state index in [9.17, 15) is 4.79 Å². The minimum Gasteiger partial charge on any atom is -0.376 e. The molecule has 1 aromatic heterocycles. The van der Waals surface area contributed by atoms with E-state index in [0.717, 1.165) is 25.1 Å². The number of hydrogen-bond donors (Lipinski definition) is 2. The van der Waals surface area contributed by atoms with Gasteiger partial charge >= 0.3 is 6.03 Å². The first-order chi connectivity index (χ1) is 8.72. The minimum absolute atomic E-state index is 0.126. The Labute approximate surface area is 107 Å². The fraction of sp³-hybridized carbons (Fsp3) is 0.667. The summed E-state index contributed by atoms with van der Waals surface area (Å²) in [5, 5.41) is 10.0. The molecule has 0 aliphatic carbocycles. The zero-order valence-corrected chi connectivity index (χ0v) is 11.0. The Morgan fingerprint density at radius 1 is 1.50 bits per heavy atom. The molecule has 2 N–H and O–H groups in total. The van der Waals surface area contributed by atoms with Crippen LogP contribution in [0.3, 0.4) is 0 Å². The van der Waals surface area contributed by atoms with Gasteiger partial charge in [-0.05, 0) is 6.92 Å². The van der Waals surface area contributed by atoms with Crippen LogP contribution in [0, 0.1) is 0 Å². The molecule has 0 bridgehead atoms. The Morgan fingerprint density at radius 3 is 3.11 bits per heavy atom. The zero-order chi connectivity index (χ0) is 13.0. The van der Waals surface area contributed by atoms with Crippen molar-refractivity contribution in [2.24, 2.45) is 7.05 Å². The van der Waals surface area contributed by atoms with Crippen LogP contribution in [-0.2, 0) is 31.2 Å². The topological polar surface area (TPSA) is 68.2 Å². The van der Waals surface area contributed by atoms with E-state index < -0.39 is 0 Å². The van der Waals surface area contributed by atoms with Crippen LogP contribution < -0.4 is 10.6 Å². The van der Waals surface area contributed by atoms with E-state index in [4.69, 9.17) is 4.74 Å². The lowest BCUT2D eigenvalue weighted by atomic mass is 10.1. The van der Waals surface area contributed by atoms with Gasteiger partial charge < -0.3 is 15.4 Å². The second-order valence-electron chi connectivity index (χ2n) is 4.33. The van der Waals surface area contributed by atoms with E-state index in [0.29, 0.717) is 19.7 Å². The van der Waals surface area contributed by atoms with Crippen molar-refractivity contribution in [1.82, 2.24) is 20.4 Å². The maximum absolute atomic E-state index is 11.3. The van der Waals surface area contributed by atoms with Crippen LogP contribution in [0.15, 0.2) is 0 Å². The third-order valence-electron chi connectivity index (χ3n) is 3.07. The molecule has 0 saturated heterocycles. The highest BCUT2D eigenvalue weighted by molar-refractivity contribution is 5.73. The molecule has 2 heterocycles. The van der Waals surface area contributed by atoms with Crippen molar-refractivity contribution in [1.29, 1.82) is 0 Å². The quantitative estimate of drug-likeness (QED) is 0.812. The number of carbonyl (C=O) groups excluding carboxylic acids is 1. The predicted octanol–water partition coefficient (Wildman–Crippen LogP) is 0.354. The lowest BCUT2D eigenvalue weighted by Gasteiger charge is -2.13. The van der Waals surface area contributed by atoms with Gasteiger partial charge in [0.05, 0.1) is 18.9 Å². The van der Waals surface area contributed by atoms with Gasteiger partial charge in [0.15, 0.2) is 0 Å². The zero-order valence-electron chi connectivity index (χ0n) is 11.0. The number of aryl methyl sites for hydroxylation is 1. The highest BCUT2D eigenvalue weighted by Gasteiger charge is 2.19. The molecular formula is C12H20N4O2. The highest BCUT2D eigenvalue weighted by atomic mass is 16.5. The first-order valence-corrected chi connectivity index (χ1v) is 6.35. The fourth-order valence-electron chi connectivity index (χ4n) is 2.20. The average molecular weight is 252 g/mol. The van der Waals surface area contributed by atoms with Gasteiger partial charge in [-0.25, -0.2) is 4.79 Å². The Bertz CT molecular complexity index is 428. The summed E-state index contributed by atoms with van der Waals surface area (Å²) in [5.74, 6) is 0. The average Bonchev–Trinajstić information content (AvgIpc) is 2.68. The third-order valence-corrected chi connectivity index (χ3v) is 3.07. The second-order valence-corrected chi connectivity index (χ2v) is 4.33. The van der Waals surface area contributed by atoms with Gasteiger partial charge in [-0.1, -0.05) is 0 Å². The maximum Gasteiger partial charge on any atom is 0.314 e. The van der Waals surface area contributed by atoms with Gasteiger partial charge in [0.1, 0.15) is 0 Å². The molecule has 0 spiro atoms.